The van der Waals surface area contributed by atoms with Crippen LogP contribution in [0.5, 0.6) is 5.75 Å². The van der Waals surface area contributed by atoms with E-state index in [9.17, 15) is 9.90 Å². The fourth-order valence-corrected chi connectivity index (χ4v) is 4.30. The number of likely N-dealkylation sites (tertiary alicyclic amines) is 1. The number of aromatic nitrogens is 2. The molecule has 4 atom stereocenters. The first-order valence-electron chi connectivity index (χ1n) is 9.56. The lowest BCUT2D eigenvalue weighted by molar-refractivity contribution is -0.0231. The second-order valence-electron chi connectivity index (χ2n) is 7.64. The largest absolute Gasteiger partial charge is 0.488 e. The van der Waals surface area contributed by atoms with E-state index in [4.69, 9.17) is 13.9 Å². The van der Waals surface area contributed by atoms with E-state index >= 15 is 0 Å². The molecule has 1 N–H and O–H groups in total. The average Bonchev–Trinajstić information content (AvgIpc) is 3.27. The number of carbonyl (C=O) groups excluding carboxylic acids is 1. The van der Waals surface area contributed by atoms with Gasteiger partial charge < -0.3 is 19.0 Å². The zero-order valence-corrected chi connectivity index (χ0v) is 16.1. The van der Waals surface area contributed by atoms with Crippen molar-refractivity contribution in [2.75, 3.05) is 20.2 Å². The average molecular weight is 387 g/mol. The van der Waals surface area contributed by atoms with Crippen molar-refractivity contribution < 1.29 is 23.8 Å². The molecule has 8 nitrogen and oxygen atoms in total. The first kappa shape index (κ1) is 18.9. The van der Waals surface area contributed by atoms with E-state index in [1.54, 1.807) is 31.2 Å². The fourth-order valence-electron chi connectivity index (χ4n) is 4.30. The molecule has 2 heterocycles. The molecule has 150 valence electrons. The van der Waals surface area contributed by atoms with Crippen LogP contribution in [0.1, 0.15) is 35.0 Å². The Kier molecular flexibility index (Phi) is 5.32. The zero-order valence-electron chi connectivity index (χ0n) is 16.1. The molecule has 1 saturated heterocycles. The van der Waals surface area contributed by atoms with Crippen LogP contribution in [0.15, 0.2) is 28.7 Å². The van der Waals surface area contributed by atoms with Crippen LogP contribution in [0.25, 0.3) is 0 Å². The lowest BCUT2D eigenvalue weighted by Gasteiger charge is -2.35. The summed E-state index contributed by atoms with van der Waals surface area (Å²) in [6, 6.07) is 6.82. The number of benzene rings is 1. The lowest BCUT2D eigenvalue weighted by Crippen LogP contribution is -2.42. The monoisotopic (exact) mass is 387 g/mol. The van der Waals surface area contributed by atoms with Gasteiger partial charge in [0.2, 0.25) is 11.8 Å². The van der Waals surface area contributed by atoms with Gasteiger partial charge in [-0.3, -0.25) is 4.90 Å². The van der Waals surface area contributed by atoms with E-state index in [1.165, 1.54) is 7.11 Å². The van der Waals surface area contributed by atoms with Crippen LogP contribution in [0.3, 0.4) is 0 Å². The van der Waals surface area contributed by atoms with Crippen LogP contribution in [0.4, 0.5) is 0 Å². The number of carbonyl (C=O) groups is 1. The predicted molar refractivity (Wildman–Crippen MR) is 98.7 cm³/mol. The number of esters is 1. The van der Waals surface area contributed by atoms with Gasteiger partial charge in [0, 0.05) is 20.0 Å². The Hall–Kier alpha value is -2.45. The highest BCUT2D eigenvalue weighted by atomic mass is 16.5. The molecule has 0 radical (unpaired) electrons. The highest BCUT2D eigenvalue weighted by molar-refractivity contribution is 5.89. The third-order valence-electron chi connectivity index (χ3n) is 5.65. The standard InChI is InChI=1S/C20H25N3O5/c1-12-21-22-19(27-12)11-23-9-14-7-17(24)18(8-15(14)10-23)28-16-5-3-13(4-6-16)20(25)26-2/h3-6,14-15,17-18,24H,7-11H2,1-2H3/t14-,15+,17+,18+/m0/s1. The molecule has 2 aromatic rings. The van der Waals surface area contributed by atoms with Crippen molar-refractivity contribution in [3.05, 3.63) is 41.6 Å². The minimum Gasteiger partial charge on any atom is -0.488 e. The summed E-state index contributed by atoms with van der Waals surface area (Å²) in [5.41, 5.74) is 0.474. The molecule has 1 aliphatic heterocycles. The van der Waals surface area contributed by atoms with E-state index < -0.39 is 6.10 Å². The van der Waals surface area contributed by atoms with Crippen LogP contribution in [0, 0.1) is 18.8 Å². The van der Waals surface area contributed by atoms with Gasteiger partial charge in [0.1, 0.15) is 11.9 Å². The predicted octanol–water partition coefficient (Wildman–Crippen LogP) is 1.81. The van der Waals surface area contributed by atoms with E-state index in [0.717, 1.165) is 25.9 Å². The quantitative estimate of drug-likeness (QED) is 0.776. The summed E-state index contributed by atoms with van der Waals surface area (Å²) in [5.74, 6) is 2.39. The molecule has 0 bridgehead atoms. The number of hydrogen-bond acceptors (Lipinski definition) is 8. The Morgan fingerprint density at radius 3 is 2.57 bits per heavy atom. The van der Waals surface area contributed by atoms with Gasteiger partial charge >= 0.3 is 5.97 Å². The topological polar surface area (TPSA) is 97.9 Å². The van der Waals surface area contributed by atoms with Gasteiger partial charge in [-0.2, -0.15) is 0 Å². The normalized spacial score (nSPS) is 27.4. The highest BCUT2D eigenvalue weighted by Crippen LogP contribution is 2.38. The fraction of sp³-hybridized carbons (Fsp3) is 0.550. The van der Waals surface area contributed by atoms with Crippen molar-refractivity contribution >= 4 is 5.97 Å². The Bertz CT molecular complexity index is 822. The number of rotatable bonds is 5. The van der Waals surface area contributed by atoms with Crippen molar-refractivity contribution in [3.8, 4) is 5.75 Å². The molecule has 1 saturated carbocycles. The third kappa shape index (κ3) is 4.02. The summed E-state index contributed by atoms with van der Waals surface area (Å²) >= 11 is 0. The Morgan fingerprint density at radius 2 is 1.93 bits per heavy atom. The van der Waals surface area contributed by atoms with Gasteiger partial charge in [-0.15, -0.1) is 10.2 Å². The second-order valence-corrected chi connectivity index (χ2v) is 7.64. The molecular weight excluding hydrogens is 362 g/mol. The Balaban J connectivity index is 1.35. The van der Waals surface area contributed by atoms with Crippen molar-refractivity contribution in [3.63, 3.8) is 0 Å². The minimum absolute atomic E-state index is 0.254. The van der Waals surface area contributed by atoms with Crippen molar-refractivity contribution in [1.29, 1.82) is 0 Å². The Morgan fingerprint density at radius 1 is 1.21 bits per heavy atom. The summed E-state index contributed by atoms with van der Waals surface area (Å²) in [6.07, 6.45) is 0.752. The second kappa shape index (κ2) is 7.89. The van der Waals surface area contributed by atoms with E-state index in [-0.39, 0.29) is 12.1 Å². The summed E-state index contributed by atoms with van der Waals surface area (Å²) in [4.78, 5) is 13.8. The summed E-state index contributed by atoms with van der Waals surface area (Å²) in [6.45, 7) is 4.28. The van der Waals surface area contributed by atoms with Crippen molar-refractivity contribution in [2.24, 2.45) is 11.8 Å². The van der Waals surface area contributed by atoms with Gasteiger partial charge in [-0.25, -0.2) is 4.79 Å². The molecule has 28 heavy (non-hydrogen) atoms. The van der Waals surface area contributed by atoms with Gasteiger partial charge in [-0.05, 0) is 48.9 Å². The maximum absolute atomic E-state index is 11.5. The van der Waals surface area contributed by atoms with Crippen LogP contribution in [-0.2, 0) is 11.3 Å². The molecule has 2 fully saturated rings. The third-order valence-corrected chi connectivity index (χ3v) is 5.65. The molecule has 1 aromatic carbocycles. The SMILES string of the molecule is COC(=O)c1ccc(O[C@@H]2C[C@@H]3CN(Cc4nnc(C)o4)C[C@@H]3C[C@H]2O)cc1. The van der Waals surface area contributed by atoms with Gasteiger partial charge in [0.05, 0.1) is 25.3 Å². The minimum atomic E-state index is -0.507. The molecule has 2 aliphatic rings. The number of methoxy groups -OCH3 is 1. The maximum Gasteiger partial charge on any atom is 0.337 e. The molecule has 4 rings (SSSR count). The first-order valence-corrected chi connectivity index (χ1v) is 9.56. The van der Waals surface area contributed by atoms with Crippen molar-refractivity contribution in [2.45, 2.75) is 38.5 Å². The summed E-state index contributed by atoms with van der Waals surface area (Å²) < 4.78 is 16.2. The van der Waals surface area contributed by atoms with Gasteiger partial charge in [0.15, 0.2) is 0 Å². The van der Waals surface area contributed by atoms with E-state index in [2.05, 4.69) is 15.1 Å². The highest BCUT2D eigenvalue weighted by Gasteiger charge is 2.42. The number of hydrogen-bond donors (Lipinski definition) is 1. The van der Waals surface area contributed by atoms with Gasteiger partial charge in [0.25, 0.3) is 0 Å². The van der Waals surface area contributed by atoms with Crippen molar-refractivity contribution in [1.82, 2.24) is 15.1 Å². The number of ether oxygens (including phenoxy) is 2. The summed E-state index contributed by atoms with van der Waals surface area (Å²) in [5, 5.41) is 18.5. The molecule has 0 amide bonds. The zero-order chi connectivity index (χ0) is 19.7. The number of aliphatic hydroxyl groups is 1. The smallest absolute Gasteiger partial charge is 0.337 e. The number of aryl methyl sites for hydroxylation is 1. The van der Waals surface area contributed by atoms with E-state index in [0.29, 0.717) is 41.5 Å². The van der Waals surface area contributed by atoms with Crippen LogP contribution < -0.4 is 4.74 Å². The summed E-state index contributed by atoms with van der Waals surface area (Å²) in [7, 11) is 1.35. The molecule has 0 spiro atoms. The molecule has 8 heteroatoms. The van der Waals surface area contributed by atoms with Crippen LogP contribution >= 0.6 is 0 Å². The molecule has 0 unspecified atom stereocenters. The van der Waals surface area contributed by atoms with Gasteiger partial charge in [-0.1, -0.05) is 0 Å². The van der Waals surface area contributed by atoms with Crippen LogP contribution in [-0.4, -0.2) is 58.6 Å². The molecular formula is C20H25N3O5. The first-order chi connectivity index (χ1) is 13.5. The number of fused-ring (bicyclic) bond motifs is 1. The maximum atomic E-state index is 11.5. The number of aliphatic hydroxyl groups excluding tert-OH is 1. The molecule has 1 aliphatic carbocycles. The Labute approximate surface area is 163 Å². The molecule has 1 aromatic heterocycles. The van der Waals surface area contributed by atoms with Crippen LogP contribution in [0.2, 0.25) is 0 Å². The van der Waals surface area contributed by atoms with E-state index in [1.807, 2.05) is 0 Å². The number of nitrogens with zero attached hydrogens (tertiary/aromatic N) is 3. The lowest BCUT2D eigenvalue weighted by atomic mass is 9.78.